The highest BCUT2D eigenvalue weighted by molar-refractivity contribution is 5.82. The van der Waals surface area contributed by atoms with Gasteiger partial charge in [-0.2, -0.15) is 0 Å². The molecule has 1 amide bonds. The quantitative estimate of drug-likeness (QED) is 0.778. The van der Waals surface area contributed by atoms with Crippen LogP contribution in [0, 0.1) is 11.8 Å². The first-order chi connectivity index (χ1) is 12.2. The van der Waals surface area contributed by atoms with E-state index in [-0.39, 0.29) is 11.9 Å². The fourth-order valence-corrected chi connectivity index (χ4v) is 4.01. The van der Waals surface area contributed by atoms with Crippen LogP contribution in [-0.4, -0.2) is 32.5 Å². The van der Waals surface area contributed by atoms with Gasteiger partial charge in [0.2, 0.25) is 5.91 Å². The molecule has 1 saturated heterocycles. The number of rotatable bonds is 4. The first kappa shape index (κ1) is 16.2. The maximum atomic E-state index is 12.7. The van der Waals surface area contributed by atoms with Crippen molar-refractivity contribution in [1.82, 2.24) is 30.7 Å². The molecule has 1 aliphatic carbocycles. The molecule has 7 heteroatoms. The summed E-state index contributed by atoms with van der Waals surface area (Å²) in [6.45, 7) is 2.72. The molecule has 3 heterocycles. The molecular formula is C18H24N6O. The van der Waals surface area contributed by atoms with Gasteiger partial charge in [0.05, 0.1) is 0 Å². The van der Waals surface area contributed by atoms with Crippen LogP contribution in [0.5, 0.6) is 0 Å². The number of hydrogen-bond donors (Lipinski definition) is 3. The summed E-state index contributed by atoms with van der Waals surface area (Å²) < 4.78 is 1.86. The van der Waals surface area contributed by atoms with Gasteiger partial charge in [-0.1, -0.05) is 13.0 Å². The van der Waals surface area contributed by atoms with Crippen LogP contribution in [-0.2, 0) is 11.3 Å². The topological polar surface area (TPSA) is 83.9 Å². The lowest BCUT2D eigenvalue weighted by molar-refractivity contribution is -0.124. The summed E-state index contributed by atoms with van der Waals surface area (Å²) in [4.78, 5) is 21.2. The van der Waals surface area contributed by atoms with E-state index in [2.05, 4.69) is 33.1 Å². The summed E-state index contributed by atoms with van der Waals surface area (Å²) in [5.41, 5.74) is 7.48. The van der Waals surface area contributed by atoms with Crippen molar-refractivity contribution in [3.8, 4) is 5.82 Å². The normalized spacial score (nSPS) is 28.5. The van der Waals surface area contributed by atoms with Crippen LogP contribution in [0.15, 0.2) is 37.1 Å². The van der Waals surface area contributed by atoms with E-state index in [0.29, 0.717) is 24.4 Å². The second kappa shape index (κ2) is 6.93. The number of imidazole rings is 1. The van der Waals surface area contributed by atoms with Gasteiger partial charge in [0.1, 0.15) is 18.2 Å². The minimum absolute atomic E-state index is 0.0505. The number of nitrogens with one attached hydrogen (secondary N) is 3. The molecule has 2 fully saturated rings. The lowest BCUT2D eigenvalue weighted by Gasteiger charge is -2.30. The largest absolute Gasteiger partial charge is 0.350 e. The van der Waals surface area contributed by atoms with E-state index in [1.165, 1.54) is 6.42 Å². The van der Waals surface area contributed by atoms with Gasteiger partial charge in [0, 0.05) is 42.7 Å². The number of carbonyl (C=O) groups excluding carboxylic acids is 1. The van der Waals surface area contributed by atoms with E-state index < -0.39 is 0 Å². The van der Waals surface area contributed by atoms with Crippen LogP contribution in [0.2, 0.25) is 0 Å². The minimum atomic E-state index is -0.166. The molecule has 1 saturated carbocycles. The maximum Gasteiger partial charge on any atom is 0.239 e. The van der Waals surface area contributed by atoms with E-state index in [4.69, 9.17) is 0 Å². The van der Waals surface area contributed by atoms with Crippen LogP contribution in [0.1, 0.15) is 31.7 Å². The predicted octanol–water partition coefficient (Wildman–Crippen LogP) is 1.16. The Labute approximate surface area is 147 Å². The second-order valence-corrected chi connectivity index (χ2v) is 7.13. The number of hydrogen-bond acceptors (Lipinski definition) is 5. The van der Waals surface area contributed by atoms with Crippen molar-refractivity contribution in [3.63, 3.8) is 0 Å². The molecule has 0 bridgehead atoms. The van der Waals surface area contributed by atoms with Gasteiger partial charge in [0.15, 0.2) is 0 Å². The summed E-state index contributed by atoms with van der Waals surface area (Å²) in [7, 11) is 0. The summed E-state index contributed by atoms with van der Waals surface area (Å²) in [5.74, 6) is 1.90. The molecule has 1 aliphatic heterocycles. The average Bonchev–Trinajstić information content (AvgIpc) is 3.29. The minimum Gasteiger partial charge on any atom is -0.350 e. The molecule has 4 rings (SSSR count). The van der Waals surface area contributed by atoms with Crippen LogP contribution in [0.4, 0.5) is 0 Å². The van der Waals surface area contributed by atoms with Crippen LogP contribution in [0.25, 0.3) is 5.82 Å². The third-order valence-electron chi connectivity index (χ3n) is 5.37. The van der Waals surface area contributed by atoms with Gasteiger partial charge in [0.25, 0.3) is 0 Å². The second-order valence-electron chi connectivity index (χ2n) is 7.13. The Morgan fingerprint density at radius 3 is 3.12 bits per heavy atom. The summed E-state index contributed by atoms with van der Waals surface area (Å²) in [6.07, 6.45) is 10.5. The zero-order valence-electron chi connectivity index (χ0n) is 14.4. The molecule has 0 aromatic carbocycles. The molecule has 132 valence electrons. The first-order valence-corrected chi connectivity index (χ1v) is 8.93. The SMILES string of the molecule is CC1CCC2NNC(C(=O)NCc3cccnc3-n3ccnc3)C2C1. The van der Waals surface area contributed by atoms with Gasteiger partial charge in [-0.3, -0.25) is 14.8 Å². The molecule has 3 N–H and O–H groups in total. The van der Waals surface area contributed by atoms with Crippen molar-refractivity contribution in [2.24, 2.45) is 11.8 Å². The molecular weight excluding hydrogens is 316 g/mol. The Balaban J connectivity index is 1.43. The first-order valence-electron chi connectivity index (χ1n) is 8.93. The van der Waals surface area contributed by atoms with Crippen molar-refractivity contribution in [2.75, 3.05) is 0 Å². The fraction of sp³-hybridized carbons (Fsp3) is 0.500. The van der Waals surface area contributed by atoms with E-state index in [1.54, 1.807) is 18.7 Å². The van der Waals surface area contributed by atoms with Gasteiger partial charge < -0.3 is 5.32 Å². The summed E-state index contributed by atoms with van der Waals surface area (Å²) >= 11 is 0. The third kappa shape index (κ3) is 3.29. The molecule has 4 unspecified atom stereocenters. The van der Waals surface area contributed by atoms with Crippen molar-refractivity contribution >= 4 is 5.91 Å². The Morgan fingerprint density at radius 1 is 1.36 bits per heavy atom. The molecule has 2 aliphatic rings. The average molecular weight is 340 g/mol. The number of amides is 1. The van der Waals surface area contributed by atoms with Crippen molar-refractivity contribution < 1.29 is 4.79 Å². The molecule has 2 aromatic heterocycles. The molecule has 25 heavy (non-hydrogen) atoms. The lowest BCUT2D eigenvalue weighted by atomic mass is 9.76. The Bertz CT molecular complexity index is 731. The molecule has 4 atom stereocenters. The van der Waals surface area contributed by atoms with Gasteiger partial charge in [-0.25, -0.2) is 15.4 Å². The zero-order valence-corrected chi connectivity index (χ0v) is 14.4. The smallest absolute Gasteiger partial charge is 0.239 e. The summed E-state index contributed by atoms with van der Waals surface area (Å²) in [6, 6.07) is 4.11. The van der Waals surface area contributed by atoms with Crippen LogP contribution in [0.3, 0.4) is 0 Å². The molecule has 2 aromatic rings. The van der Waals surface area contributed by atoms with E-state index in [9.17, 15) is 4.79 Å². The standard InChI is InChI=1S/C18H24N6O/c1-12-4-5-15-14(9-12)16(23-22-15)18(25)21-10-13-3-2-6-20-17(13)24-8-7-19-11-24/h2-3,6-8,11-12,14-16,22-23H,4-5,9-10H2,1H3,(H,21,25). The van der Waals surface area contributed by atoms with Crippen LogP contribution < -0.4 is 16.2 Å². The van der Waals surface area contributed by atoms with Crippen LogP contribution >= 0.6 is 0 Å². The van der Waals surface area contributed by atoms with Gasteiger partial charge in [-0.05, 0) is 31.2 Å². The van der Waals surface area contributed by atoms with Crippen molar-refractivity contribution in [3.05, 3.63) is 42.6 Å². The van der Waals surface area contributed by atoms with Crippen molar-refractivity contribution in [1.29, 1.82) is 0 Å². The highest BCUT2D eigenvalue weighted by atomic mass is 16.2. The maximum absolute atomic E-state index is 12.7. The summed E-state index contributed by atoms with van der Waals surface area (Å²) in [5, 5.41) is 3.08. The van der Waals surface area contributed by atoms with E-state index in [0.717, 1.165) is 24.2 Å². The Kier molecular flexibility index (Phi) is 4.50. The monoisotopic (exact) mass is 340 g/mol. The fourth-order valence-electron chi connectivity index (χ4n) is 4.01. The predicted molar refractivity (Wildman–Crippen MR) is 93.6 cm³/mol. The Hall–Kier alpha value is -2.25. The molecule has 7 nitrogen and oxygen atoms in total. The lowest BCUT2D eigenvalue weighted by Crippen LogP contribution is -2.45. The number of hydrazine groups is 1. The van der Waals surface area contributed by atoms with E-state index >= 15 is 0 Å². The van der Waals surface area contributed by atoms with E-state index in [1.807, 2.05) is 22.9 Å². The highest BCUT2D eigenvalue weighted by Crippen LogP contribution is 2.33. The number of pyridine rings is 1. The number of nitrogens with zero attached hydrogens (tertiary/aromatic N) is 3. The number of aromatic nitrogens is 3. The number of fused-ring (bicyclic) bond motifs is 1. The highest BCUT2D eigenvalue weighted by Gasteiger charge is 2.42. The third-order valence-corrected chi connectivity index (χ3v) is 5.37. The zero-order chi connectivity index (χ0) is 17.2. The number of carbonyl (C=O) groups is 1. The van der Waals surface area contributed by atoms with Crippen molar-refractivity contribution in [2.45, 2.75) is 44.8 Å². The van der Waals surface area contributed by atoms with Gasteiger partial charge >= 0.3 is 0 Å². The molecule has 0 spiro atoms. The van der Waals surface area contributed by atoms with Gasteiger partial charge in [-0.15, -0.1) is 0 Å². The molecule has 0 radical (unpaired) electrons. The Morgan fingerprint density at radius 2 is 2.28 bits per heavy atom.